The zero-order valence-electron chi connectivity index (χ0n) is 23.9. The molecule has 1 heterocycles. The normalized spacial score (nSPS) is 29.3. The molecular weight excluding hydrogens is 463 g/mol. The Morgan fingerprint density at radius 2 is 1.59 bits per heavy atom. The van der Waals surface area contributed by atoms with E-state index in [1.807, 2.05) is 0 Å². The molecule has 1 aliphatic carbocycles. The number of ether oxygens (including phenoxy) is 1. The second-order valence-electron chi connectivity index (χ2n) is 13.8. The Labute approximate surface area is 211 Å². The number of hydrogen-bond donors (Lipinski definition) is 0. The Hall–Kier alpha value is -0.246. The number of hydrogen-bond acceptors (Lipinski definition) is 4. The molecule has 2 fully saturated rings. The van der Waals surface area contributed by atoms with Crippen LogP contribution in [0.5, 0.6) is 0 Å². The van der Waals surface area contributed by atoms with Crippen molar-refractivity contribution < 1.29 is 22.8 Å². The van der Waals surface area contributed by atoms with Crippen molar-refractivity contribution in [3.63, 3.8) is 0 Å². The van der Waals surface area contributed by atoms with E-state index in [2.05, 4.69) is 74.7 Å². The summed E-state index contributed by atoms with van der Waals surface area (Å²) in [5, 5.41) is 0.230. The largest absolute Gasteiger partial charge is 0.460 e. The van der Waals surface area contributed by atoms with Gasteiger partial charge in [-0.25, -0.2) is 9.18 Å². The standard InChI is InChI=1S/C27H53FO4Si2/c1-12-13-14-15-19(31-33(8,9)26(2,3)4)16-17-20-21(32-34(10,11)27(5,6)7)18-22-23(20)24(28)25(29)30-22/h19-24H,12-18H2,1-11H3/t19?,20-,21+,22-,23+,24-/m0/s1. The number of rotatable bonds is 11. The highest BCUT2D eigenvalue weighted by atomic mass is 28.4. The maximum Gasteiger partial charge on any atom is 0.341 e. The average molecular weight is 517 g/mol. The van der Waals surface area contributed by atoms with Crippen molar-refractivity contribution in [1.82, 2.24) is 0 Å². The Bertz CT molecular complexity index is 683. The first-order chi connectivity index (χ1) is 15.4. The Morgan fingerprint density at radius 1 is 1.00 bits per heavy atom. The third kappa shape index (κ3) is 6.95. The van der Waals surface area contributed by atoms with E-state index < -0.39 is 28.8 Å². The number of carbonyl (C=O) groups is 1. The van der Waals surface area contributed by atoms with Crippen LogP contribution in [-0.4, -0.2) is 47.1 Å². The van der Waals surface area contributed by atoms with Gasteiger partial charge in [-0.3, -0.25) is 0 Å². The van der Waals surface area contributed by atoms with E-state index in [0.29, 0.717) is 6.42 Å². The maximum absolute atomic E-state index is 15.0. The molecule has 4 nitrogen and oxygen atoms in total. The fraction of sp³-hybridized carbons (Fsp3) is 0.963. The van der Waals surface area contributed by atoms with Crippen LogP contribution < -0.4 is 0 Å². The molecular formula is C27H53FO4Si2. The lowest BCUT2D eigenvalue weighted by molar-refractivity contribution is -0.145. The molecule has 0 aromatic rings. The van der Waals surface area contributed by atoms with Gasteiger partial charge in [0.1, 0.15) is 6.10 Å². The third-order valence-corrected chi connectivity index (χ3v) is 18.2. The van der Waals surface area contributed by atoms with Crippen molar-refractivity contribution in [3.8, 4) is 0 Å². The number of halogens is 1. The van der Waals surface area contributed by atoms with Crippen LogP contribution in [0.2, 0.25) is 36.3 Å². The first-order valence-corrected chi connectivity index (χ1v) is 19.4. The van der Waals surface area contributed by atoms with Crippen LogP contribution in [0.15, 0.2) is 0 Å². The van der Waals surface area contributed by atoms with Gasteiger partial charge in [0.05, 0.1) is 6.10 Å². The predicted octanol–water partition coefficient (Wildman–Crippen LogP) is 8.03. The molecule has 0 aromatic carbocycles. The van der Waals surface area contributed by atoms with Crippen molar-refractivity contribution in [2.75, 3.05) is 0 Å². The van der Waals surface area contributed by atoms with Gasteiger partial charge in [-0.05, 0) is 61.4 Å². The fourth-order valence-electron chi connectivity index (χ4n) is 4.91. The summed E-state index contributed by atoms with van der Waals surface area (Å²) in [6, 6.07) is 0. The van der Waals surface area contributed by atoms with Gasteiger partial charge in [-0.1, -0.05) is 67.7 Å². The number of carbonyl (C=O) groups excluding carboxylic acids is 1. The number of fused-ring (bicyclic) bond motifs is 1. The van der Waals surface area contributed by atoms with E-state index in [1.165, 1.54) is 12.8 Å². The van der Waals surface area contributed by atoms with Crippen molar-refractivity contribution in [3.05, 3.63) is 0 Å². The molecule has 0 bridgehead atoms. The average Bonchev–Trinajstić information content (AvgIpc) is 3.12. The molecule has 0 amide bonds. The van der Waals surface area contributed by atoms with Crippen LogP contribution in [0.25, 0.3) is 0 Å². The monoisotopic (exact) mass is 516 g/mol. The summed E-state index contributed by atoms with van der Waals surface area (Å²) in [4.78, 5) is 12.0. The zero-order chi connectivity index (χ0) is 26.1. The first-order valence-electron chi connectivity index (χ1n) is 13.6. The van der Waals surface area contributed by atoms with Gasteiger partial charge >= 0.3 is 5.97 Å². The summed E-state index contributed by atoms with van der Waals surface area (Å²) in [6.07, 6.45) is 5.19. The molecule has 0 spiro atoms. The molecule has 2 aliphatic rings. The van der Waals surface area contributed by atoms with Crippen LogP contribution in [0.3, 0.4) is 0 Å². The highest BCUT2D eigenvalue weighted by Crippen LogP contribution is 2.49. The summed E-state index contributed by atoms with van der Waals surface area (Å²) in [5.41, 5.74) is 0. The molecule has 0 aromatic heterocycles. The van der Waals surface area contributed by atoms with Crippen LogP contribution >= 0.6 is 0 Å². The smallest absolute Gasteiger partial charge is 0.341 e. The second kappa shape index (κ2) is 11.0. The predicted molar refractivity (Wildman–Crippen MR) is 144 cm³/mol. The molecule has 1 aliphatic heterocycles. The lowest BCUT2D eigenvalue weighted by atomic mass is 9.86. The van der Waals surface area contributed by atoms with Crippen LogP contribution in [0.4, 0.5) is 4.39 Å². The van der Waals surface area contributed by atoms with E-state index in [4.69, 9.17) is 13.6 Å². The highest BCUT2D eigenvalue weighted by Gasteiger charge is 2.58. The van der Waals surface area contributed by atoms with Gasteiger partial charge < -0.3 is 13.6 Å². The fourth-order valence-corrected chi connectivity index (χ4v) is 7.72. The molecule has 0 radical (unpaired) electrons. The minimum atomic E-state index is -2.03. The summed E-state index contributed by atoms with van der Waals surface area (Å²) < 4.78 is 34.2. The Balaban J connectivity index is 2.21. The summed E-state index contributed by atoms with van der Waals surface area (Å²) >= 11 is 0. The SMILES string of the molecule is CCCCCC(CC[C@@H]1[C@@H]2[C@H](C[C@H]1O[Si](C)(C)C(C)(C)C)OC(=O)[C@H]2F)O[Si](C)(C)C(C)(C)C. The van der Waals surface area contributed by atoms with Crippen molar-refractivity contribution in [2.45, 2.75) is 154 Å². The Morgan fingerprint density at radius 3 is 2.12 bits per heavy atom. The molecule has 34 heavy (non-hydrogen) atoms. The van der Waals surface area contributed by atoms with Crippen molar-refractivity contribution in [2.24, 2.45) is 11.8 Å². The van der Waals surface area contributed by atoms with Crippen molar-refractivity contribution >= 4 is 22.6 Å². The molecule has 7 heteroatoms. The van der Waals surface area contributed by atoms with Crippen LogP contribution in [-0.2, 0) is 18.4 Å². The minimum Gasteiger partial charge on any atom is -0.460 e. The Kier molecular flexibility index (Phi) is 9.71. The highest BCUT2D eigenvalue weighted by molar-refractivity contribution is 6.74. The lowest BCUT2D eigenvalue weighted by Crippen LogP contribution is -2.46. The molecule has 1 saturated heterocycles. The van der Waals surface area contributed by atoms with Gasteiger partial charge in [-0.2, -0.15) is 0 Å². The number of unbranched alkanes of at least 4 members (excludes halogenated alkanes) is 2. The van der Waals surface area contributed by atoms with Crippen molar-refractivity contribution in [1.29, 1.82) is 0 Å². The van der Waals surface area contributed by atoms with Crippen LogP contribution in [0.1, 0.15) is 93.4 Å². The molecule has 0 N–H and O–H groups in total. The molecule has 1 saturated carbocycles. The number of alkyl halides is 1. The third-order valence-electron chi connectivity index (χ3n) is 9.17. The second-order valence-corrected chi connectivity index (χ2v) is 23.4. The zero-order valence-corrected chi connectivity index (χ0v) is 25.9. The van der Waals surface area contributed by atoms with Gasteiger partial charge in [0.25, 0.3) is 0 Å². The van der Waals surface area contributed by atoms with E-state index >= 15 is 4.39 Å². The molecule has 1 unspecified atom stereocenters. The lowest BCUT2D eigenvalue weighted by Gasteiger charge is -2.41. The van der Waals surface area contributed by atoms with E-state index in [9.17, 15) is 4.79 Å². The summed E-state index contributed by atoms with van der Waals surface area (Å²) in [6.45, 7) is 24.9. The van der Waals surface area contributed by atoms with Gasteiger partial charge in [-0.15, -0.1) is 0 Å². The minimum absolute atomic E-state index is 0.00253. The van der Waals surface area contributed by atoms with Crippen LogP contribution in [0, 0.1) is 11.8 Å². The van der Waals surface area contributed by atoms with Gasteiger partial charge in [0.15, 0.2) is 16.6 Å². The van der Waals surface area contributed by atoms with Gasteiger partial charge in [0, 0.05) is 18.4 Å². The number of esters is 1. The summed E-state index contributed by atoms with van der Waals surface area (Å²) in [7, 11) is -3.94. The topological polar surface area (TPSA) is 44.8 Å². The van der Waals surface area contributed by atoms with Gasteiger partial charge in [0.2, 0.25) is 6.17 Å². The summed E-state index contributed by atoms with van der Waals surface area (Å²) in [5.74, 6) is -1.06. The van der Waals surface area contributed by atoms with E-state index in [0.717, 1.165) is 25.7 Å². The van der Waals surface area contributed by atoms with E-state index in [-0.39, 0.29) is 40.2 Å². The first kappa shape index (κ1) is 30.0. The molecule has 2 rings (SSSR count). The molecule has 6 atom stereocenters. The molecule has 200 valence electrons. The van der Waals surface area contributed by atoms with E-state index in [1.54, 1.807) is 0 Å². The quantitative estimate of drug-likeness (QED) is 0.158. The maximum atomic E-state index is 15.0.